The third-order valence-corrected chi connectivity index (χ3v) is 4.51. The van der Waals surface area contributed by atoms with Crippen LogP contribution in [0.25, 0.3) is 0 Å². The molecular weight excluding hydrogens is 276 g/mol. The first-order valence-electron chi connectivity index (χ1n) is 7.39. The summed E-state index contributed by atoms with van der Waals surface area (Å²) in [5.41, 5.74) is 10.8. The van der Waals surface area contributed by atoms with E-state index in [-0.39, 0.29) is 0 Å². The monoisotopic (exact) mass is 296 g/mol. The first kappa shape index (κ1) is 14.1. The normalized spacial score (nSPS) is 17.4. The van der Waals surface area contributed by atoms with E-state index in [0.717, 1.165) is 18.5 Å². The van der Waals surface area contributed by atoms with Gasteiger partial charge in [-0.3, -0.25) is 0 Å². The number of hydrogen-bond acceptors (Lipinski definition) is 2. The lowest BCUT2D eigenvalue weighted by molar-refractivity contribution is 0.560. The van der Waals surface area contributed by atoms with E-state index >= 15 is 0 Å². The first-order valence-corrected chi connectivity index (χ1v) is 7.80. The summed E-state index contributed by atoms with van der Waals surface area (Å²) in [6, 6.07) is 17.4. The average Bonchev–Trinajstić information content (AvgIpc) is 2.50. The van der Waals surface area contributed by atoms with E-state index in [9.17, 15) is 0 Å². The molecule has 3 rings (SSSR count). The number of hydrogen-bond donors (Lipinski definition) is 1. The second-order valence-corrected chi connectivity index (χ2v) is 6.11. The summed E-state index contributed by atoms with van der Waals surface area (Å²) in [4.78, 5) is 2.94. The van der Waals surface area contributed by atoms with E-state index in [1.54, 1.807) is 0 Å². The Balaban J connectivity index is 1.97. The zero-order valence-corrected chi connectivity index (χ0v) is 13.1. The van der Waals surface area contributed by atoms with Gasteiger partial charge in [0.15, 0.2) is 0 Å². The van der Waals surface area contributed by atoms with E-state index in [4.69, 9.17) is 18.0 Å². The molecule has 108 valence electrons. The Labute approximate surface area is 131 Å². The number of anilines is 1. The fraction of sp³-hybridized carbons (Fsp3) is 0.278. The molecule has 0 bridgehead atoms. The van der Waals surface area contributed by atoms with Crippen LogP contribution in [0.4, 0.5) is 5.69 Å². The van der Waals surface area contributed by atoms with Crippen molar-refractivity contribution in [3.8, 4) is 0 Å². The highest BCUT2D eigenvalue weighted by molar-refractivity contribution is 7.80. The second-order valence-electron chi connectivity index (χ2n) is 5.67. The molecule has 1 atom stereocenters. The summed E-state index contributed by atoms with van der Waals surface area (Å²) in [6.07, 6.45) is 2.34. The SMILES string of the molecule is CC1CCc2ccccc2N1Cc1ccccc1C(N)=S. The molecule has 0 aromatic heterocycles. The molecule has 2 aromatic rings. The molecule has 0 spiro atoms. The van der Waals surface area contributed by atoms with Crippen molar-refractivity contribution < 1.29 is 0 Å². The van der Waals surface area contributed by atoms with Gasteiger partial charge in [0, 0.05) is 23.8 Å². The molecule has 1 unspecified atom stereocenters. The summed E-state index contributed by atoms with van der Waals surface area (Å²) in [6.45, 7) is 3.14. The first-order chi connectivity index (χ1) is 10.2. The molecule has 1 heterocycles. The highest BCUT2D eigenvalue weighted by Gasteiger charge is 2.23. The van der Waals surface area contributed by atoms with Gasteiger partial charge in [-0.05, 0) is 37.0 Å². The highest BCUT2D eigenvalue weighted by atomic mass is 32.1. The maximum atomic E-state index is 5.86. The van der Waals surface area contributed by atoms with Gasteiger partial charge in [0.25, 0.3) is 0 Å². The standard InChI is InChI=1S/C18H20N2S/c1-13-10-11-14-6-3-5-9-17(14)20(13)12-15-7-2-4-8-16(15)18(19)21/h2-9,13H,10-12H2,1H3,(H2,19,21). The van der Waals surface area contributed by atoms with Crippen LogP contribution in [0.1, 0.15) is 30.0 Å². The van der Waals surface area contributed by atoms with Crippen molar-refractivity contribution in [3.05, 3.63) is 65.2 Å². The largest absolute Gasteiger partial charge is 0.389 e. The predicted molar refractivity (Wildman–Crippen MR) is 92.7 cm³/mol. The number of nitrogens with two attached hydrogens (primary N) is 1. The maximum Gasteiger partial charge on any atom is 0.104 e. The van der Waals surface area contributed by atoms with Crippen LogP contribution in [-0.2, 0) is 13.0 Å². The van der Waals surface area contributed by atoms with Gasteiger partial charge in [-0.25, -0.2) is 0 Å². The maximum absolute atomic E-state index is 5.86. The minimum absolute atomic E-state index is 0.476. The van der Waals surface area contributed by atoms with Gasteiger partial charge in [-0.2, -0.15) is 0 Å². The van der Waals surface area contributed by atoms with Crippen LogP contribution in [0.2, 0.25) is 0 Å². The molecule has 0 radical (unpaired) electrons. The van der Waals surface area contributed by atoms with Crippen molar-refractivity contribution in [1.82, 2.24) is 0 Å². The summed E-state index contributed by atoms with van der Waals surface area (Å²) >= 11 is 5.18. The van der Waals surface area contributed by atoms with Crippen molar-refractivity contribution in [2.45, 2.75) is 32.4 Å². The molecule has 21 heavy (non-hydrogen) atoms. The third kappa shape index (κ3) is 2.79. The van der Waals surface area contributed by atoms with Gasteiger partial charge >= 0.3 is 0 Å². The fourth-order valence-electron chi connectivity index (χ4n) is 3.08. The molecule has 0 saturated carbocycles. The Kier molecular flexibility index (Phi) is 3.93. The van der Waals surface area contributed by atoms with Crippen LogP contribution in [-0.4, -0.2) is 11.0 Å². The van der Waals surface area contributed by atoms with Crippen LogP contribution >= 0.6 is 12.2 Å². The van der Waals surface area contributed by atoms with E-state index in [2.05, 4.69) is 48.2 Å². The van der Waals surface area contributed by atoms with Crippen molar-refractivity contribution in [3.63, 3.8) is 0 Å². The zero-order chi connectivity index (χ0) is 14.8. The smallest absolute Gasteiger partial charge is 0.104 e. The summed E-state index contributed by atoms with van der Waals surface area (Å²) in [5.74, 6) is 0. The van der Waals surface area contributed by atoms with E-state index < -0.39 is 0 Å². The lowest BCUT2D eigenvalue weighted by atomic mass is 9.95. The number of fused-ring (bicyclic) bond motifs is 1. The number of rotatable bonds is 3. The summed E-state index contributed by atoms with van der Waals surface area (Å²) in [7, 11) is 0. The second kappa shape index (κ2) is 5.86. The number of para-hydroxylation sites is 1. The summed E-state index contributed by atoms with van der Waals surface area (Å²) < 4.78 is 0. The van der Waals surface area contributed by atoms with Gasteiger partial charge in [0.05, 0.1) is 0 Å². The van der Waals surface area contributed by atoms with Gasteiger partial charge in [-0.15, -0.1) is 0 Å². The van der Waals surface area contributed by atoms with Crippen LogP contribution < -0.4 is 10.6 Å². The van der Waals surface area contributed by atoms with E-state index in [1.165, 1.54) is 23.2 Å². The minimum atomic E-state index is 0.476. The molecule has 2 aromatic carbocycles. The Hall–Kier alpha value is -1.87. The van der Waals surface area contributed by atoms with Gasteiger partial charge in [-0.1, -0.05) is 54.7 Å². The Morgan fingerprint density at radius 2 is 1.90 bits per heavy atom. The van der Waals surface area contributed by atoms with Crippen molar-refractivity contribution in [2.75, 3.05) is 4.90 Å². The molecule has 0 saturated heterocycles. The van der Waals surface area contributed by atoms with E-state index in [0.29, 0.717) is 11.0 Å². The van der Waals surface area contributed by atoms with Crippen molar-refractivity contribution in [2.24, 2.45) is 5.73 Å². The molecular formula is C18H20N2S. The molecule has 3 heteroatoms. The number of thiocarbonyl (C=S) groups is 1. The topological polar surface area (TPSA) is 29.3 Å². The molecule has 1 aliphatic rings. The predicted octanol–water partition coefficient (Wildman–Crippen LogP) is 3.66. The Morgan fingerprint density at radius 1 is 1.19 bits per heavy atom. The van der Waals surface area contributed by atoms with Gasteiger partial charge in [0.2, 0.25) is 0 Å². The van der Waals surface area contributed by atoms with Crippen LogP contribution in [0, 0.1) is 0 Å². The molecule has 2 N–H and O–H groups in total. The lowest BCUT2D eigenvalue weighted by Crippen LogP contribution is -2.37. The summed E-state index contributed by atoms with van der Waals surface area (Å²) in [5, 5.41) is 0. The van der Waals surface area contributed by atoms with Gasteiger partial charge < -0.3 is 10.6 Å². The highest BCUT2D eigenvalue weighted by Crippen LogP contribution is 2.32. The molecule has 2 nitrogen and oxygen atoms in total. The van der Waals surface area contributed by atoms with Crippen molar-refractivity contribution >= 4 is 22.9 Å². The van der Waals surface area contributed by atoms with Crippen LogP contribution in [0.3, 0.4) is 0 Å². The molecule has 0 amide bonds. The third-order valence-electron chi connectivity index (χ3n) is 4.29. The molecule has 0 aliphatic carbocycles. The van der Waals surface area contributed by atoms with Crippen molar-refractivity contribution in [1.29, 1.82) is 0 Å². The zero-order valence-electron chi connectivity index (χ0n) is 12.3. The van der Waals surface area contributed by atoms with Gasteiger partial charge in [0.1, 0.15) is 4.99 Å². The molecule has 0 fully saturated rings. The minimum Gasteiger partial charge on any atom is -0.389 e. The van der Waals surface area contributed by atoms with E-state index in [1.807, 2.05) is 12.1 Å². The lowest BCUT2D eigenvalue weighted by Gasteiger charge is -2.37. The molecule has 1 aliphatic heterocycles. The number of benzene rings is 2. The Bertz CT molecular complexity index is 666. The Morgan fingerprint density at radius 3 is 2.71 bits per heavy atom. The average molecular weight is 296 g/mol. The quantitative estimate of drug-likeness (QED) is 0.876. The van der Waals surface area contributed by atoms with Crippen LogP contribution in [0.15, 0.2) is 48.5 Å². The number of nitrogens with zero attached hydrogens (tertiary/aromatic N) is 1. The van der Waals surface area contributed by atoms with Crippen LogP contribution in [0.5, 0.6) is 0 Å². The number of aryl methyl sites for hydroxylation is 1. The fourth-order valence-corrected chi connectivity index (χ4v) is 3.28.